The van der Waals surface area contributed by atoms with Crippen LogP contribution in [0.5, 0.6) is 5.75 Å². The molecule has 1 aliphatic rings. The molecule has 2 rings (SSSR count). The van der Waals surface area contributed by atoms with Crippen molar-refractivity contribution in [1.82, 2.24) is 15.5 Å². The Hall–Kier alpha value is -2.24. The normalized spacial score (nSPS) is 14.9. The fourth-order valence-corrected chi connectivity index (χ4v) is 2.93. The molecule has 1 aromatic rings. The number of benzene rings is 1. The second kappa shape index (κ2) is 9.91. The summed E-state index contributed by atoms with van der Waals surface area (Å²) in [5.74, 6) is 0.975. The number of rotatable bonds is 8. The lowest BCUT2D eigenvalue weighted by Gasteiger charge is -2.17. The molecule has 6 heteroatoms. The highest BCUT2D eigenvalue weighted by Gasteiger charge is 2.17. The lowest BCUT2D eigenvalue weighted by atomic mass is 10.1. The fourth-order valence-electron chi connectivity index (χ4n) is 2.93. The smallest absolute Gasteiger partial charge is 0.315 e. The van der Waals surface area contributed by atoms with Gasteiger partial charge in [-0.25, -0.2) is 4.79 Å². The molecule has 1 atom stereocenters. The number of aryl methyl sites for hydroxylation is 1. The van der Waals surface area contributed by atoms with Crippen LogP contribution >= 0.6 is 0 Å². The first kappa shape index (κ1) is 19.1. The van der Waals surface area contributed by atoms with E-state index in [0.29, 0.717) is 13.0 Å². The van der Waals surface area contributed by atoms with Crippen molar-refractivity contribution in [3.05, 3.63) is 29.8 Å². The number of hydrogen-bond donors (Lipinski definition) is 2. The molecule has 1 fully saturated rings. The first-order chi connectivity index (χ1) is 12.1. The summed E-state index contributed by atoms with van der Waals surface area (Å²) in [6.07, 6.45) is 4.29. The number of urea groups is 1. The highest BCUT2D eigenvalue weighted by molar-refractivity contribution is 5.78. The van der Waals surface area contributed by atoms with E-state index < -0.39 is 0 Å². The molecule has 1 saturated heterocycles. The van der Waals surface area contributed by atoms with Crippen molar-refractivity contribution in [2.24, 2.45) is 0 Å². The van der Waals surface area contributed by atoms with Crippen LogP contribution in [0, 0.1) is 0 Å². The van der Waals surface area contributed by atoms with Gasteiger partial charge in [0.25, 0.3) is 0 Å². The van der Waals surface area contributed by atoms with Crippen LogP contribution in [-0.2, 0) is 11.2 Å². The number of amides is 3. The molecule has 6 nitrogen and oxygen atoms in total. The number of methoxy groups -OCH3 is 1. The zero-order valence-corrected chi connectivity index (χ0v) is 15.2. The minimum absolute atomic E-state index is 0.0661. The molecule has 0 radical (unpaired) electrons. The molecule has 1 aromatic carbocycles. The van der Waals surface area contributed by atoms with Gasteiger partial charge in [0.05, 0.1) is 7.11 Å². The number of hydrogen-bond acceptors (Lipinski definition) is 3. The Morgan fingerprint density at radius 2 is 1.88 bits per heavy atom. The second-order valence-corrected chi connectivity index (χ2v) is 6.53. The van der Waals surface area contributed by atoms with Crippen LogP contribution in [0.25, 0.3) is 0 Å². The summed E-state index contributed by atoms with van der Waals surface area (Å²) in [6.45, 7) is 4.08. The molecular formula is C19H29N3O3. The average molecular weight is 347 g/mol. The van der Waals surface area contributed by atoms with Crippen molar-refractivity contribution in [2.75, 3.05) is 26.7 Å². The topological polar surface area (TPSA) is 70.7 Å². The third-order valence-corrected chi connectivity index (χ3v) is 4.49. The molecule has 0 aliphatic carbocycles. The van der Waals surface area contributed by atoms with E-state index in [0.717, 1.165) is 44.5 Å². The zero-order valence-electron chi connectivity index (χ0n) is 15.2. The molecule has 0 aromatic heterocycles. The standard InChI is InChI=1S/C19H29N3O3/c1-15(5-6-16-7-9-17(25-2)10-8-16)21-19(24)20-12-11-18(23)22-13-3-4-14-22/h7-10,15H,3-6,11-14H2,1-2H3,(H2,20,21,24). The third-order valence-electron chi connectivity index (χ3n) is 4.49. The van der Waals surface area contributed by atoms with Crippen molar-refractivity contribution < 1.29 is 14.3 Å². The number of carbonyl (C=O) groups excluding carboxylic acids is 2. The SMILES string of the molecule is COc1ccc(CCC(C)NC(=O)NCCC(=O)N2CCCC2)cc1. The van der Waals surface area contributed by atoms with Crippen LogP contribution in [-0.4, -0.2) is 49.6 Å². The highest BCUT2D eigenvalue weighted by Crippen LogP contribution is 2.13. The van der Waals surface area contributed by atoms with Crippen LogP contribution in [0.3, 0.4) is 0 Å². The molecule has 0 saturated carbocycles. The van der Waals surface area contributed by atoms with Crippen LogP contribution in [0.15, 0.2) is 24.3 Å². The van der Waals surface area contributed by atoms with Gasteiger partial charge in [-0.05, 0) is 50.3 Å². The minimum Gasteiger partial charge on any atom is -0.497 e. The maximum absolute atomic E-state index is 11.9. The van der Waals surface area contributed by atoms with E-state index >= 15 is 0 Å². The summed E-state index contributed by atoms with van der Waals surface area (Å²) in [5, 5.41) is 5.68. The number of nitrogens with zero attached hydrogens (tertiary/aromatic N) is 1. The van der Waals surface area contributed by atoms with Crippen molar-refractivity contribution >= 4 is 11.9 Å². The molecule has 1 unspecified atom stereocenters. The van der Waals surface area contributed by atoms with Gasteiger partial charge in [0.15, 0.2) is 0 Å². The first-order valence-electron chi connectivity index (χ1n) is 9.03. The molecule has 3 amide bonds. The van der Waals surface area contributed by atoms with E-state index in [1.807, 2.05) is 36.1 Å². The van der Waals surface area contributed by atoms with Crippen molar-refractivity contribution in [1.29, 1.82) is 0 Å². The number of carbonyl (C=O) groups is 2. The Morgan fingerprint density at radius 3 is 2.52 bits per heavy atom. The zero-order chi connectivity index (χ0) is 18.1. The van der Waals surface area contributed by atoms with Crippen LogP contribution < -0.4 is 15.4 Å². The van der Waals surface area contributed by atoms with Gasteiger partial charge in [0.2, 0.25) is 5.91 Å². The Balaban J connectivity index is 1.59. The maximum Gasteiger partial charge on any atom is 0.315 e. The molecule has 138 valence electrons. The van der Waals surface area contributed by atoms with Gasteiger partial charge < -0.3 is 20.3 Å². The molecule has 1 heterocycles. The van der Waals surface area contributed by atoms with Crippen LogP contribution in [0.1, 0.15) is 38.2 Å². The Labute approximate surface area is 149 Å². The van der Waals surface area contributed by atoms with E-state index in [-0.39, 0.29) is 18.0 Å². The lowest BCUT2D eigenvalue weighted by Crippen LogP contribution is -2.42. The average Bonchev–Trinajstić information content (AvgIpc) is 3.15. The monoisotopic (exact) mass is 347 g/mol. The summed E-state index contributed by atoms with van der Waals surface area (Å²) in [6, 6.07) is 7.81. The lowest BCUT2D eigenvalue weighted by molar-refractivity contribution is -0.129. The quantitative estimate of drug-likeness (QED) is 0.758. The molecule has 1 aliphatic heterocycles. The van der Waals surface area contributed by atoms with Crippen molar-refractivity contribution in [2.45, 2.75) is 45.1 Å². The van der Waals surface area contributed by atoms with Gasteiger partial charge in [-0.1, -0.05) is 12.1 Å². The second-order valence-electron chi connectivity index (χ2n) is 6.53. The van der Waals surface area contributed by atoms with Crippen molar-refractivity contribution in [3.8, 4) is 5.75 Å². The summed E-state index contributed by atoms with van der Waals surface area (Å²) >= 11 is 0. The van der Waals surface area contributed by atoms with Gasteiger partial charge >= 0.3 is 6.03 Å². The Kier molecular flexibility index (Phi) is 7.57. The fraction of sp³-hybridized carbons (Fsp3) is 0.579. The van der Waals surface area contributed by atoms with E-state index in [9.17, 15) is 9.59 Å². The Bertz CT molecular complexity index is 554. The predicted octanol–water partition coefficient (Wildman–Crippen LogP) is 2.33. The maximum atomic E-state index is 11.9. The largest absolute Gasteiger partial charge is 0.497 e. The van der Waals surface area contributed by atoms with Gasteiger partial charge in [-0.15, -0.1) is 0 Å². The van der Waals surface area contributed by atoms with Gasteiger partial charge in [-0.3, -0.25) is 4.79 Å². The number of likely N-dealkylation sites (tertiary alicyclic amines) is 1. The van der Waals surface area contributed by atoms with Gasteiger partial charge in [0.1, 0.15) is 5.75 Å². The minimum atomic E-state index is -0.212. The van der Waals surface area contributed by atoms with E-state index in [4.69, 9.17) is 4.74 Å². The first-order valence-corrected chi connectivity index (χ1v) is 9.03. The number of ether oxygens (including phenoxy) is 1. The highest BCUT2D eigenvalue weighted by atomic mass is 16.5. The number of nitrogens with one attached hydrogen (secondary N) is 2. The van der Waals surface area contributed by atoms with E-state index in [1.165, 1.54) is 5.56 Å². The Morgan fingerprint density at radius 1 is 1.20 bits per heavy atom. The molecule has 25 heavy (non-hydrogen) atoms. The third kappa shape index (κ3) is 6.64. The van der Waals surface area contributed by atoms with E-state index in [1.54, 1.807) is 7.11 Å². The predicted molar refractivity (Wildman–Crippen MR) is 97.7 cm³/mol. The molecule has 0 spiro atoms. The summed E-state index contributed by atoms with van der Waals surface area (Å²) in [4.78, 5) is 25.7. The van der Waals surface area contributed by atoms with Crippen molar-refractivity contribution in [3.63, 3.8) is 0 Å². The molecule has 0 bridgehead atoms. The summed E-state index contributed by atoms with van der Waals surface area (Å²) in [7, 11) is 1.65. The van der Waals surface area contributed by atoms with Gasteiger partial charge in [-0.2, -0.15) is 0 Å². The summed E-state index contributed by atoms with van der Waals surface area (Å²) < 4.78 is 5.14. The van der Waals surface area contributed by atoms with Crippen LogP contribution in [0.4, 0.5) is 4.79 Å². The molecule has 2 N–H and O–H groups in total. The summed E-state index contributed by atoms with van der Waals surface area (Å²) in [5.41, 5.74) is 1.21. The van der Waals surface area contributed by atoms with Crippen LogP contribution in [0.2, 0.25) is 0 Å². The van der Waals surface area contributed by atoms with Gasteiger partial charge in [0, 0.05) is 32.1 Å². The molecular weight excluding hydrogens is 318 g/mol. The van der Waals surface area contributed by atoms with E-state index in [2.05, 4.69) is 10.6 Å².